The lowest BCUT2D eigenvalue weighted by Gasteiger charge is -2.51. The Morgan fingerprint density at radius 2 is 0.319 bits per heavy atom. The molecule has 0 radical (unpaired) electrons. The van der Waals surface area contributed by atoms with Crippen LogP contribution in [0.3, 0.4) is 0 Å². The maximum atomic E-state index is 6.36. The van der Waals surface area contributed by atoms with Gasteiger partial charge in [-0.05, 0) is 397 Å². The Labute approximate surface area is 518 Å². The van der Waals surface area contributed by atoms with Gasteiger partial charge in [0.05, 0.1) is 22.2 Å². The predicted octanol–water partition coefficient (Wildman–Crippen LogP) is 24.9. The molecule has 2 nitrogen and oxygen atoms in total. The van der Waals surface area contributed by atoms with Crippen molar-refractivity contribution in [3.63, 3.8) is 0 Å². The van der Waals surface area contributed by atoms with Crippen LogP contribution in [0.15, 0.2) is 48.6 Å². The number of hydrogen-bond donors (Lipinski definition) is 0. The summed E-state index contributed by atoms with van der Waals surface area (Å²) in [5.41, 5.74) is 8.97. The lowest BCUT2D eigenvalue weighted by Crippen LogP contribution is -2.44. The molecule has 3 aliphatic carbocycles. The van der Waals surface area contributed by atoms with E-state index in [2.05, 4.69) is 90.1 Å². The first-order valence-corrected chi connectivity index (χ1v) is 35.0. The summed E-state index contributed by atoms with van der Waals surface area (Å²) >= 11 is 0. The first-order chi connectivity index (χ1) is 46.1. The van der Waals surface area contributed by atoms with Crippen molar-refractivity contribution in [3.8, 4) is 0 Å². The standard InChI is InChI=1S/C92H26N2/c1-89(2,3)15-9-7-11-17(93-15)91-13-14-92(18-12-8-10-16(94-18)90(4,5)6)86-80-72-63-53-42-34-25-22-19-20-21-23(25)32-36(34)51-55-50-37(32)35-31(21)33-26(20)30-29-24(19)28-27(22)38(42)47-48-40(28)44-39(29)45-41(30)46-43(33)52-49(35)54(50)68-71-62(52)58(46)66-60(45)64-57(44)65-61(48)67(59(47)63)78(80)82-76(65)75(64)81(87(91)88(82)92)77(66)79(71)85(91)83-73(68)70(55)74(84(83)86)69(72)56(51)53/h7-14H,1-6H3/t91-,92+/m1/s1. The van der Waals surface area contributed by atoms with Gasteiger partial charge in [-0.1, -0.05) is 65.8 Å². The molecule has 2 aromatic heterocycles. The normalized spacial score (nSPS) is 20.5. The summed E-state index contributed by atoms with van der Waals surface area (Å²) < 4.78 is 0. The van der Waals surface area contributed by atoms with Gasteiger partial charge in [-0.2, -0.15) is 0 Å². The molecule has 404 valence electrons. The lowest BCUT2D eigenvalue weighted by atomic mass is 9.50. The Morgan fingerprint density at radius 3 is 0.489 bits per heavy atom. The summed E-state index contributed by atoms with van der Waals surface area (Å²) in [5.74, 6) is 0. The van der Waals surface area contributed by atoms with Crippen LogP contribution in [-0.4, -0.2) is 9.97 Å². The van der Waals surface area contributed by atoms with Crippen LogP contribution in [0.1, 0.15) is 86.6 Å². The largest absolute Gasteiger partial charge is 0.256 e. The lowest BCUT2D eigenvalue weighted by molar-refractivity contribution is 0.553. The van der Waals surface area contributed by atoms with E-state index >= 15 is 0 Å². The zero-order valence-electron chi connectivity index (χ0n) is 50.5. The predicted molar refractivity (Wildman–Crippen MR) is 399 cm³/mol. The topological polar surface area (TPSA) is 25.8 Å². The van der Waals surface area contributed by atoms with Crippen LogP contribution < -0.4 is 0 Å². The van der Waals surface area contributed by atoms with Gasteiger partial charge < -0.3 is 0 Å². The van der Waals surface area contributed by atoms with Gasteiger partial charge in [0.1, 0.15) is 0 Å². The van der Waals surface area contributed by atoms with Crippen molar-refractivity contribution >= 4 is 355 Å². The third-order valence-electron chi connectivity index (χ3n) is 31.8. The maximum Gasteiger partial charge on any atom is 0.0827 e. The van der Waals surface area contributed by atoms with Gasteiger partial charge in [0.15, 0.2) is 0 Å². The van der Waals surface area contributed by atoms with Crippen LogP contribution in [-0.2, 0) is 21.7 Å². The first kappa shape index (κ1) is 38.1. The van der Waals surface area contributed by atoms with E-state index in [0.29, 0.717) is 0 Å². The van der Waals surface area contributed by atoms with E-state index in [0.717, 1.165) is 0 Å². The minimum absolute atomic E-state index is 0.181. The Hall–Kier alpha value is -11.1. The Kier molecular flexibility index (Phi) is 3.62. The number of rotatable bonds is 2. The summed E-state index contributed by atoms with van der Waals surface area (Å²) in [4.78, 5) is 12.7. The van der Waals surface area contributed by atoms with Gasteiger partial charge in [0.25, 0.3) is 0 Å². The van der Waals surface area contributed by atoms with Gasteiger partial charge in [0.2, 0.25) is 0 Å². The highest BCUT2D eigenvalue weighted by molar-refractivity contribution is 6.84. The minimum Gasteiger partial charge on any atom is -0.256 e. The summed E-state index contributed by atoms with van der Waals surface area (Å²) in [7, 11) is 0. The molecule has 0 saturated heterocycles. The summed E-state index contributed by atoms with van der Waals surface area (Å²) in [6.07, 6.45) is 5.71. The molecule has 2 atom stereocenters. The van der Waals surface area contributed by atoms with Crippen molar-refractivity contribution in [3.05, 3.63) is 93.6 Å². The third kappa shape index (κ3) is 2.28. The second-order valence-electron chi connectivity index (χ2n) is 35.5. The average Bonchev–Trinajstić information content (AvgIpc) is 1.39. The van der Waals surface area contributed by atoms with E-state index in [1.807, 2.05) is 0 Å². The van der Waals surface area contributed by atoms with E-state index in [9.17, 15) is 0 Å². The quantitative estimate of drug-likeness (QED) is 0.0979. The fourth-order valence-electron chi connectivity index (χ4n) is 30.5. The number of nitrogens with zero attached hydrogens (tertiary/aromatic N) is 2. The zero-order chi connectivity index (χ0) is 57.8. The summed E-state index contributed by atoms with van der Waals surface area (Å²) in [5, 5.41) is 106. The monoisotopic (exact) mass is 1160 g/mol. The number of aromatic nitrogens is 2. The van der Waals surface area contributed by atoms with Crippen molar-refractivity contribution in [1.82, 2.24) is 9.97 Å². The van der Waals surface area contributed by atoms with Crippen LogP contribution >= 0.6 is 0 Å². The molecule has 36 aromatic rings. The number of pyridine rings is 2. The molecule has 2 heteroatoms. The minimum atomic E-state index is -0.776. The second kappa shape index (κ2) is 8.95. The van der Waals surface area contributed by atoms with Crippen LogP contribution in [0, 0.1) is 0 Å². The molecule has 0 spiro atoms. The highest BCUT2D eigenvalue weighted by Gasteiger charge is 2.62. The van der Waals surface area contributed by atoms with Crippen molar-refractivity contribution in [2.45, 2.75) is 63.2 Å². The molecule has 39 rings (SSSR count). The number of benzene rings is 24. The van der Waals surface area contributed by atoms with E-state index in [1.54, 1.807) is 367 Å². The van der Waals surface area contributed by atoms with Crippen LogP contribution in [0.4, 0.5) is 0 Å². The van der Waals surface area contributed by atoms with Crippen molar-refractivity contribution in [1.29, 1.82) is 0 Å². The van der Waals surface area contributed by atoms with Gasteiger partial charge >= 0.3 is 0 Å². The fraction of sp³-hybridized carbons (Fsp3) is 0.109. The summed E-state index contributed by atoms with van der Waals surface area (Å²) in [6.45, 7) is 14.4. The molecule has 0 amide bonds. The maximum absolute atomic E-state index is 6.36. The Balaban J connectivity index is 1.04. The molecular formula is C92H26N2. The van der Waals surface area contributed by atoms with E-state index < -0.39 is 10.8 Å². The summed E-state index contributed by atoms with van der Waals surface area (Å²) in [6, 6.07) is 14.6. The van der Waals surface area contributed by atoms with Crippen LogP contribution in [0.2, 0.25) is 0 Å². The first-order valence-electron chi connectivity index (χ1n) is 35.0. The smallest absolute Gasteiger partial charge is 0.0827 e. The molecule has 3 aliphatic rings. The van der Waals surface area contributed by atoms with Crippen molar-refractivity contribution < 1.29 is 0 Å². The number of fused-ring (bicyclic) bond motifs is 5. The fourth-order valence-corrected chi connectivity index (χ4v) is 30.5. The molecule has 0 unspecified atom stereocenters. The molecule has 0 bridgehead atoms. The Bertz CT molecular complexity index is 10100. The molecule has 0 saturated carbocycles. The van der Waals surface area contributed by atoms with Crippen LogP contribution in [0.5, 0.6) is 0 Å². The molecule has 0 N–H and O–H groups in total. The van der Waals surface area contributed by atoms with Gasteiger partial charge in [-0.15, -0.1) is 0 Å². The van der Waals surface area contributed by atoms with Crippen molar-refractivity contribution in [2.24, 2.45) is 0 Å². The van der Waals surface area contributed by atoms with Gasteiger partial charge in [0, 0.05) is 27.6 Å². The average molecular weight is 1160 g/mol. The number of allylic oxidation sites excluding steroid dienone is 2. The molecule has 0 aliphatic heterocycles. The van der Waals surface area contributed by atoms with Crippen LogP contribution in [0.25, 0.3) is 355 Å². The van der Waals surface area contributed by atoms with E-state index in [-0.39, 0.29) is 10.8 Å². The second-order valence-corrected chi connectivity index (χ2v) is 35.5. The zero-order valence-corrected chi connectivity index (χ0v) is 50.5. The van der Waals surface area contributed by atoms with Crippen molar-refractivity contribution in [2.75, 3.05) is 0 Å². The highest BCUT2D eigenvalue weighted by atomic mass is 14.8. The van der Waals surface area contributed by atoms with Gasteiger partial charge in [-0.3, -0.25) is 9.97 Å². The SMILES string of the molecule is CC(C)(C)c1cccc([C@@]23C=C[C@@]4(c5cccc(C(C)(C)C)n5)c5c2c2c6c7c3c3c8c4c4c9c5c5c2c2c%10c6c6c%11c7c7c3c3c8c8c4c4c%12c9c9c5c2c2c5c%10c%10c6c6c%11c%11c7c7c3c3c8c4c4c8c%12c9c2c2c8c8c9c4c3c3c7c%11c4c6c6c%10c5c2c8c6c4c39)n1. The third-order valence-corrected chi connectivity index (χ3v) is 31.8. The molecule has 94 heavy (non-hydrogen) atoms. The van der Waals surface area contributed by atoms with Gasteiger partial charge in [-0.25, -0.2) is 0 Å². The Morgan fingerprint density at radius 1 is 0.181 bits per heavy atom. The molecule has 34 aromatic carbocycles. The van der Waals surface area contributed by atoms with E-state index in [1.165, 1.54) is 33.9 Å². The molecule has 2 heterocycles. The highest BCUT2D eigenvalue weighted by Crippen LogP contribution is 2.83. The molecule has 0 fully saturated rings. The number of hydrogen-bond acceptors (Lipinski definition) is 2. The molecular weight excluding hydrogens is 1130 g/mol. The van der Waals surface area contributed by atoms with E-state index in [4.69, 9.17) is 9.97 Å².